The smallest absolute Gasteiger partial charge is 0.408 e. The maximum Gasteiger partial charge on any atom is 0.408 e. The zero-order chi connectivity index (χ0) is 28.8. The van der Waals surface area contributed by atoms with Gasteiger partial charge in [0.25, 0.3) is 0 Å². The molecule has 0 saturated heterocycles. The average Bonchev–Trinajstić information content (AvgIpc) is 3.50. The summed E-state index contributed by atoms with van der Waals surface area (Å²) in [5, 5.41) is 20.3. The van der Waals surface area contributed by atoms with Crippen molar-refractivity contribution < 1.29 is 23.1 Å². The van der Waals surface area contributed by atoms with Crippen LogP contribution in [0.5, 0.6) is 0 Å². The monoisotopic (exact) mass is 544 g/mol. The van der Waals surface area contributed by atoms with Crippen LogP contribution in [-0.2, 0) is 9.53 Å². The predicted octanol–water partition coefficient (Wildman–Crippen LogP) is 5.63. The van der Waals surface area contributed by atoms with Crippen molar-refractivity contribution in [3.63, 3.8) is 0 Å². The topological polar surface area (TPSA) is 121 Å². The van der Waals surface area contributed by atoms with Gasteiger partial charge in [-0.1, -0.05) is 20.8 Å². The summed E-state index contributed by atoms with van der Waals surface area (Å²) >= 11 is 0. The summed E-state index contributed by atoms with van der Waals surface area (Å²) in [4.78, 5) is 30.3. The molecule has 0 aliphatic heterocycles. The van der Waals surface area contributed by atoms with Gasteiger partial charge in [0.05, 0.1) is 41.7 Å². The molecule has 39 heavy (non-hydrogen) atoms. The number of amides is 2. The second kappa shape index (κ2) is 10.0. The number of carbonyl (C=O) groups excluding carboxylic acids is 2. The van der Waals surface area contributed by atoms with Gasteiger partial charge in [0.15, 0.2) is 5.65 Å². The van der Waals surface area contributed by atoms with Crippen molar-refractivity contribution in [2.24, 2.45) is 16.7 Å². The highest BCUT2D eigenvalue weighted by atomic mass is 19.3. The lowest BCUT2D eigenvalue weighted by Gasteiger charge is -2.33. The van der Waals surface area contributed by atoms with Gasteiger partial charge in [-0.25, -0.2) is 23.1 Å². The second-order valence-electron chi connectivity index (χ2n) is 13.0. The van der Waals surface area contributed by atoms with Crippen molar-refractivity contribution >= 4 is 17.6 Å². The number of carbonyl (C=O) groups is 2. The van der Waals surface area contributed by atoms with E-state index in [1.807, 2.05) is 20.8 Å². The van der Waals surface area contributed by atoms with Gasteiger partial charge in [-0.15, -0.1) is 0 Å². The standard InChI is InChI=1S/C28H38F2N6O3/c1-25(2,3)23(37)35-22(27(16-31)11-12-27)18-13-20-33-19(15-36(20)32-14-18)21(34-24(38)39-26(4,5)6)17-7-9-28(29,30)10-8-17/h13-15,17,21-22H,7-12H2,1-6H3,(H,34,38)(H,35,37)/t21-,22?/m0/s1. The quantitative estimate of drug-likeness (QED) is 0.486. The third-order valence-corrected chi connectivity index (χ3v) is 7.44. The Hall–Kier alpha value is -3.29. The second-order valence-corrected chi connectivity index (χ2v) is 13.0. The largest absolute Gasteiger partial charge is 0.444 e. The Labute approximate surface area is 227 Å². The fourth-order valence-corrected chi connectivity index (χ4v) is 4.97. The Morgan fingerprint density at radius 1 is 1.13 bits per heavy atom. The Morgan fingerprint density at radius 3 is 2.31 bits per heavy atom. The van der Waals surface area contributed by atoms with Crippen LogP contribution in [0.25, 0.3) is 5.65 Å². The molecule has 2 heterocycles. The van der Waals surface area contributed by atoms with E-state index in [1.165, 1.54) is 0 Å². The molecule has 2 aromatic rings. The number of hydrogen-bond donors (Lipinski definition) is 2. The number of rotatable bonds is 6. The van der Waals surface area contributed by atoms with Gasteiger partial charge in [-0.2, -0.15) is 10.4 Å². The van der Waals surface area contributed by atoms with E-state index in [1.54, 1.807) is 43.7 Å². The number of halogens is 2. The molecule has 1 unspecified atom stereocenters. The van der Waals surface area contributed by atoms with Crippen LogP contribution in [0.2, 0.25) is 0 Å². The predicted molar refractivity (Wildman–Crippen MR) is 140 cm³/mol. The molecule has 2 fully saturated rings. The fourth-order valence-electron chi connectivity index (χ4n) is 4.97. The summed E-state index contributed by atoms with van der Waals surface area (Å²) in [6.07, 6.45) is 3.91. The molecule has 2 amide bonds. The van der Waals surface area contributed by atoms with E-state index >= 15 is 0 Å². The Bertz CT molecular complexity index is 1270. The van der Waals surface area contributed by atoms with Crippen LogP contribution in [0.4, 0.5) is 13.6 Å². The zero-order valence-corrected chi connectivity index (χ0v) is 23.5. The summed E-state index contributed by atoms with van der Waals surface area (Å²) < 4.78 is 34.8. The summed E-state index contributed by atoms with van der Waals surface area (Å²) in [5.74, 6) is -3.14. The molecule has 0 radical (unpaired) electrons. The molecule has 9 nitrogen and oxygen atoms in total. The normalized spacial score (nSPS) is 20.5. The Balaban J connectivity index is 1.66. The zero-order valence-electron chi connectivity index (χ0n) is 23.5. The molecule has 2 aliphatic carbocycles. The number of imidazole rings is 1. The van der Waals surface area contributed by atoms with Gasteiger partial charge in [-0.3, -0.25) is 4.79 Å². The van der Waals surface area contributed by atoms with E-state index in [0.29, 0.717) is 29.7 Å². The van der Waals surface area contributed by atoms with Gasteiger partial charge >= 0.3 is 6.09 Å². The molecule has 2 saturated carbocycles. The summed E-state index contributed by atoms with van der Waals surface area (Å²) in [5.41, 5.74) is -0.467. The Morgan fingerprint density at radius 2 is 1.77 bits per heavy atom. The highest BCUT2D eigenvalue weighted by Crippen LogP contribution is 2.54. The number of aromatic nitrogens is 3. The van der Waals surface area contributed by atoms with Gasteiger partial charge < -0.3 is 15.4 Å². The lowest BCUT2D eigenvalue weighted by molar-refractivity contribution is -0.129. The number of nitrogens with zero attached hydrogens (tertiary/aromatic N) is 4. The minimum atomic E-state index is -2.71. The molecule has 4 rings (SSSR count). The Kier molecular flexibility index (Phi) is 7.38. The fraction of sp³-hybridized carbons (Fsp3) is 0.679. The average molecular weight is 545 g/mol. The number of alkyl carbamates (subject to hydrolysis) is 1. The highest BCUT2D eigenvalue weighted by Gasteiger charge is 2.52. The van der Waals surface area contributed by atoms with Gasteiger partial charge in [0, 0.05) is 18.3 Å². The van der Waals surface area contributed by atoms with Gasteiger partial charge in [-0.05, 0) is 64.0 Å². The maximum atomic E-state index is 13.9. The molecule has 2 atom stereocenters. The van der Waals surface area contributed by atoms with E-state index in [0.717, 1.165) is 0 Å². The van der Waals surface area contributed by atoms with Crippen LogP contribution < -0.4 is 10.6 Å². The molecular formula is C28H38F2N6O3. The summed E-state index contributed by atoms with van der Waals surface area (Å²) in [7, 11) is 0. The van der Waals surface area contributed by atoms with Crippen LogP contribution in [0, 0.1) is 28.1 Å². The number of nitrogens with one attached hydrogen (secondary N) is 2. The first kappa shape index (κ1) is 28.7. The number of ether oxygens (including phenoxy) is 1. The van der Waals surface area contributed by atoms with Crippen LogP contribution in [0.3, 0.4) is 0 Å². The van der Waals surface area contributed by atoms with Crippen LogP contribution in [0.1, 0.15) is 103 Å². The molecule has 2 N–H and O–H groups in total. The van der Waals surface area contributed by atoms with E-state index in [4.69, 9.17) is 9.72 Å². The van der Waals surface area contributed by atoms with Crippen LogP contribution >= 0.6 is 0 Å². The highest BCUT2D eigenvalue weighted by molar-refractivity contribution is 5.82. The molecule has 2 aromatic heterocycles. The van der Waals surface area contributed by atoms with Crippen molar-refractivity contribution in [2.45, 2.75) is 104 Å². The van der Waals surface area contributed by atoms with Crippen LogP contribution in [-0.4, -0.2) is 38.1 Å². The van der Waals surface area contributed by atoms with E-state index in [2.05, 4.69) is 21.8 Å². The van der Waals surface area contributed by atoms with Crippen molar-refractivity contribution in [3.05, 3.63) is 29.7 Å². The molecule has 11 heteroatoms. The third-order valence-electron chi connectivity index (χ3n) is 7.44. The lowest BCUT2D eigenvalue weighted by Crippen LogP contribution is -2.40. The lowest BCUT2D eigenvalue weighted by atomic mass is 9.81. The first-order valence-electron chi connectivity index (χ1n) is 13.5. The number of alkyl halides is 2. The molecule has 0 aromatic carbocycles. The number of nitriles is 1. The molecule has 0 bridgehead atoms. The molecule has 0 spiro atoms. The van der Waals surface area contributed by atoms with Crippen molar-refractivity contribution in [1.29, 1.82) is 5.26 Å². The van der Waals surface area contributed by atoms with Crippen LogP contribution in [0.15, 0.2) is 18.5 Å². The number of hydrogen-bond acceptors (Lipinski definition) is 6. The third kappa shape index (κ3) is 6.65. The first-order valence-corrected chi connectivity index (χ1v) is 13.5. The molecular weight excluding hydrogens is 506 g/mol. The van der Waals surface area contributed by atoms with Crippen molar-refractivity contribution in [1.82, 2.24) is 25.2 Å². The maximum absolute atomic E-state index is 13.9. The van der Waals surface area contributed by atoms with E-state index in [9.17, 15) is 23.6 Å². The van der Waals surface area contributed by atoms with E-state index < -0.39 is 40.5 Å². The van der Waals surface area contributed by atoms with Gasteiger partial charge in [0.1, 0.15) is 5.60 Å². The number of fused-ring (bicyclic) bond motifs is 1. The SMILES string of the molecule is CC(C)(C)OC(=O)N[C@H](c1cn2ncc(C(NC(=O)C(C)(C)C)C3(C#N)CC3)cc2n1)C1CCC(F)(F)CC1. The summed E-state index contributed by atoms with van der Waals surface area (Å²) in [6.45, 7) is 10.7. The van der Waals surface area contributed by atoms with Crippen molar-refractivity contribution in [3.8, 4) is 6.07 Å². The minimum Gasteiger partial charge on any atom is -0.444 e. The first-order chi connectivity index (χ1) is 18.0. The minimum absolute atomic E-state index is 0.173. The molecule has 212 valence electrons. The van der Waals surface area contributed by atoms with E-state index in [-0.39, 0.29) is 37.5 Å². The summed E-state index contributed by atoms with van der Waals surface area (Å²) in [6, 6.07) is 2.96. The van der Waals surface area contributed by atoms with Crippen molar-refractivity contribution in [2.75, 3.05) is 0 Å². The van der Waals surface area contributed by atoms with Gasteiger partial charge in [0.2, 0.25) is 11.8 Å². The molecule has 2 aliphatic rings.